The van der Waals surface area contributed by atoms with Gasteiger partial charge >= 0.3 is 17.9 Å². The fraction of sp³-hybridized carbons (Fsp3) is 0.897. The van der Waals surface area contributed by atoms with Gasteiger partial charge in [0.15, 0.2) is 0 Å². The van der Waals surface area contributed by atoms with Crippen LogP contribution in [0.2, 0.25) is 0 Å². The second-order valence-electron chi connectivity index (χ2n) is 13.2. The van der Waals surface area contributed by atoms with Gasteiger partial charge in [0.05, 0.1) is 0 Å². The van der Waals surface area contributed by atoms with Gasteiger partial charge in [0.1, 0.15) is 0 Å². The highest BCUT2D eigenvalue weighted by molar-refractivity contribution is 5.67. The van der Waals surface area contributed by atoms with Crippen LogP contribution < -0.4 is 0 Å². The van der Waals surface area contributed by atoms with Crippen molar-refractivity contribution in [3.05, 3.63) is 0 Å². The summed E-state index contributed by atoms with van der Waals surface area (Å²) in [5, 5.41) is 24.9. The molecule has 0 bridgehead atoms. The maximum Gasteiger partial charge on any atom is 0.303 e. The minimum Gasteiger partial charge on any atom is -0.481 e. The summed E-state index contributed by atoms with van der Waals surface area (Å²) in [6, 6.07) is 0. The van der Waals surface area contributed by atoms with E-state index in [0.29, 0.717) is 18.3 Å². The zero-order chi connectivity index (χ0) is 28.2. The SMILES string of the molecule is C.CC(C)(C)CCC(=O)O.CC(C)(C)CCCC(=O)O.CC(C)(C)CCCCC(=O)O.CC(C)C. The molecule has 0 saturated heterocycles. The van der Waals surface area contributed by atoms with Crippen LogP contribution in [0, 0.1) is 22.2 Å². The largest absolute Gasteiger partial charge is 0.481 e. The molecule has 0 aromatic heterocycles. The summed E-state index contributed by atoms with van der Waals surface area (Å²) in [5.41, 5.74) is 0.770. The molecule has 0 rings (SSSR count). The van der Waals surface area contributed by atoms with Gasteiger partial charge in [-0.1, -0.05) is 96.9 Å². The summed E-state index contributed by atoms with van der Waals surface area (Å²) in [4.78, 5) is 30.3. The molecule has 0 saturated carbocycles. The minimum absolute atomic E-state index is 0. The number of hydrogen-bond acceptors (Lipinski definition) is 3. The smallest absolute Gasteiger partial charge is 0.303 e. The third kappa shape index (κ3) is 79.6. The molecule has 0 aliphatic heterocycles. The van der Waals surface area contributed by atoms with Gasteiger partial charge in [-0.3, -0.25) is 14.4 Å². The highest BCUT2D eigenvalue weighted by Gasteiger charge is 2.12. The Morgan fingerprint density at radius 2 is 0.771 bits per heavy atom. The molecule has 0 amide bonds. The van der Waals surface area contributed by atoms with Gasteiger partial charge in [-0.05, 0) is 54.3 Å². The zero-order valence-electron chi connectivity index (χ0n) is 24.5. The molecule has 0 unspecified atom stereocenters. The Hall–Kier alpha value is -1.59. The van der Waals surface area contributed by atoms with Gasteiger partial charge in [-0.25, -0.2) is 0 Å². The first-order chi connectivity index (χ1) is 15.0. The van der Waals surface area contributed by atoms with Crippen molar-refractivity contribution in [3.63, 3.8) is 0 Å². The molecule has 0 atom stereocenters. The van der Waals surface area contributed by atoms with Crippen LogP contribution in [0.5, 0.6) is 0 Å². The van der Waals surface area contributed by atoms with Gasteiger partial charge in [0, 0.05) is 19.3 Å². The highest BCUT2D eigenvalue weighted by atomic mass is 16.4. The Balaban J connectivity index is -0.000000118. The lowest BCUT2D eigenvalue weighted by atomic mass is 9.89. The van der Waals surface area contributed by atoms with Gasteiger partial charge in [-0.2, -0.15) is 0 Å². The van der Waals surface area contributed by atoms with Crippen LogP contribution in [0.1, 0.15) is 148 Å². The second kappa shape index (κ2) is 22.8. The molecule has 0 radical (unpaired) electrons. The number of carbonyl (C=O) groups is 3. The molecule has 0 aliphatic carbocycles. The van der Waals surface area contributed by atoms with E-state index in [1.54, 1.807) is 0 Å². The molecule has 0 fully saturated rings. The lowest BCUT2D eigenvalue weighted by Crippen LogP contribution is -2.07. The van der Waals surface area contributed by atoms with E-state index in [4.69, 9.17) is 15.3 Å². The van der Waals surface area contributed by atoms with E-state index in [-0.39, 0.29) is 24.7 Å². The van der Waals surface area contributed by atoms with Crippen molar-refractivity contribution in [3.8, 4) is 0 Å². The molecule has 0 heterocycles. The molecule has 214 valence electrons. The zero-order valence-corrected chi connectivity index (χ0v) is 24.5. The fourth-order valence-electron chi connectivity index (χ4n) is 2.18. The monoisotopic (exact) mass is 506 g/mol. The van der Waals surface area contributed by atoms with E-state index in [0.717, 1.165) is 44.4 Å². The summed E-state index contributed by atoms with van der Waals surface area (Å²) in [7, 11) is 0. The predicted octanol–water partition coefficient (Wildman–Crippen LogP) is 9.16. The van der Waals surface area contributed by atoms with Crippen molar-refractivity contribution < 1.29 is 29.7 Å². The average molecular weight is 507 g/mol. The third-order valence-corrected chi connectivity index (χ3v) is 3.97. The maximum atomic E-state index is 10.1. The van der Waals surface area contributed by atoms with Crippen molar-refractivity contribution in [2.24, 2.45) is 22.2 Å². The van der Waals surface area contributed by atoms with Crippen molar-refractivity contribution >= 4 is 17.9 Å². The standard InChI is InChI=1S/C9H18O2.C8H16O2.C7H14O2.C4H10.CH4/c1-9(2,3)7-5-4-6-8(10)11;1-8(2,3)6-4-5-7(9)10;1-7(2,3)5-4-6(8)9;1-4(2)3;/h4-7H2,1-3H3,(H,10,11);4-6H2,1-3H3,(H,9,10);4-5H2,1-3H3,(H,8,9);4H,1-3H3;1H4. The summed E-state index contributed by atoms with van der Waals surface area (Å²) in [5.74, 6) is -1.24. The number of carboxylic acid groups (broad SMARTS) is 3. The molecular formula is C29H62O6. The molecule has 0 spiro atoms. The second-order valence-corrected chi connectivity index (χ2v) is 13.2. The summed E-state index contributed by atoms with van der Waals surface area (Å²) >= 11 is 0. The molecule has 6 nitrogen and oxygen atoms in total. The number of hydrogen-bond donors (Lipinski definition) is 3. The minimum atomic E-state index is -0.704. The lowest BCUT2D eigenvalue weighted by Gasteiger charge is -2.16. The topological polar surface area (TPSA) is 112 Å². The summed E-state index contributed by atoms with van der Waals surface area (Å²) in [6.45, 7) is 25.5. The van der Waals surface area contributed by atoms with E-state index in [2.05, 4.69) is 62.3 Å². The maximum absolute atomic E-state index is 10.1. The molecule has 0 aromatic rings. The third-order valence-electron chi connectivity index (χ3n) is 3.97. The Labute approximate surface area is 218 Å². The first-order valence-corrected chi connectivity index (χ1v) is 12.6. The average Bonchev–Trinajstić information content (AvgIpc) is 2.54. The van der Waals surface area contributed by atoms with Gasteiger partial charge in [0.2, 0.25) is 0 Å². The lowest BCUT2D eigenvalue weighted by molar-refractivity contribution is -0.138. The van der Waals surface area contributed by atoms with Crippen LogP contribution in [-0.4, -0.2) is 33.2 Å². The Morgan fingerprint density at radius 1 is 0.514 bits per heavy atom. The van der Waals surface area contributed by atoms with E-state index >= 15 is 0 Å². The van der Waals surface area contributed by atoms with Crippen molar-refractivity contribution in [1.82, 2.24) is 0 Å². The van der Waals surface area contributed by atoms with E-state index in [1.807, 2.05) is 20.8 Å². The van der Waals surface area contributed by atoms with E-state index in [9.17, 15) is 14.4 Å². The molecule has 6 heteroatoms. The van der Waals surface area contributed by atoms with Crippen molar-refractivity contribution in [2.75, 3.05) is 0 Å². The first kappa shape index (κ1) is 43.5. The molecule has 35 heavy (non-hydrogen) atoms. The highest BCUT2D eigenvalue weighted by Crippen LogP contribution is 2.22. The van der Waals surface area contributed by atoms with Crippen LogP contribution in [0.3, 0.4) is 0 Å². The number of unbranched alkanes of at least 4 members (excludes halogenated alkanes) is 1. The Morgan fingerprint density at radius 3 is 1.00 bits per heavy atom. The van der Waals surface area contributed by atoms with Gasteiger partial charge in [0.25, 0.3) is 0 Å². The quantitative estimate of drug-likeness (QED) is 0.269. The fourth-order valence-corrected chi connectivity index (χ4v) is 2.18. The summed E-state index contributed by atoms with van der Waals surface area (Å²) in [6.07, 6.45) is 6.38. The molecule has 0 aliphatic rings. The van der Waals surface area contributed by atoms with E-state index in [1.165, 1.54) is 0 Å². The molecular weight excluding hydrogens is 444 g/mol. The van der Waals surface area contributed by atoms with Crippen LogP contribution in [-0.2, 0) is 14.4 Å². The molecule has 3 N–H and O–H groups in total. The van der Waals surface area contributed by atoms with Crippen LogP contribution in [0.15, 0.2) is 0 Å². The van der Waals surface area contributed by atoms with Crippen LogP contribution >= 0.6 is 0 Å². The molecule has 0 aromatic carbocycles. The number of rotatable bonds is 9. The van der Waals surface area contributed by atoms with Crippen LogP contribution in [0.4, 0.5) is 0 Å². The van der Waals surface area contributed by atoms with Crippen molar-refractivity contribution in [1.29, 1.82) is 0 Å². The van der Waals surface area contributed by atoms with Crippen LogP contribution in [0.25, 0.3) is 0 Å². The number of carboxylic acids is 3. The number of aliphatic carboxylic acids is 3. The van der Waals surface area contributed by atoms with Gasteiger partial charge < -0.3 is 15.3 Å². The Kier molecular flexibility index (Phi) is 28.4. The summed E-state index contributed by atoms with van der Waals surface area (Å²) < 4.78 is 0. The van der Waals surface area contributed by atoms with Crippen molar-refractivity contribution in [2.45, 2.75) is 148 Å². The van der Waals surface area contributed by atoms with E-state index < -0.39 is 17.9 Å². The normalized spacial score (nSPS) is 10.9. The first-order valence-electron chi connectivity index (χ1n) is 12.6. The van der Waals surface area contributed by atoms with Gasteiger partial charge in [-0.15, -0.1) is 0 Å². The predicted molar refractivity (Wildman–Crippen MR) is 150 cm³/mol. The Bertz CT molecular complexity index is 514.